The van der Waals surface area contributed by atoms with Gasteiger partial charge in [0.15, 0.2) is 11.5 Å². The summed E-state index contributed by atoms with van der Waals surface area (Å²) in [5.74, 6) is 1.91. The molecule has 7 heteroatoms. The van der Waals surface area contributed by atoms with Crippen molar-refractivity contribution in [3.63, 3.8) is 0 Å². The van der Waals surface area contributed by atoms with Gasteiger partial charge in [-0.2, -0.15) is 0 Å². The maximum atomic E-state index is 12.5. The molecule has 138 valence electrons. The highest BCUT2D eigenvalue weighted by atomic mass is 32.2. The molecular weight excluding hydrogens is 340 g/mol. The zero-order valence-corrected chi connectivity index (χ0v) is 15.2. The Kier molecular flexibility index (Phi) is 6.31. The van der Waals surface area contributed by atoms with Crippen LogP contribution in [0.15, 0.2) is 23.1 Å². The van der Waals surface area contributed by atoms with Gasteiger partial charge in [-0.3, -0.25) is 9.00 Å². The third kappa shape index (κ3) is 4.73. The van der Waals surface area contributed by atoms with Crippen LogP contribution in [0.5, 0.6) is 11.5 Å². The van der Waals surface area contributed by atoms with Crippen LogP contribution < -0.4 is 20.5 Å². The lowest BCUT2D eigenvalue weighted by atomic mass is 9.84. The molecule has 6 nitrogen and oxygen atoms in total. The number of nitrogens with two attached hydrogens (primary N) is 1. The average Bonchev–Trinajstić information content (AvgIpc) is 2.66. The molecule has 1 aromatic carbocycles. The van der Waals surface area contributed by atoms with Gasteiger partial charge in [0.1, 0.15) is 13.2 Å². The first-order valence-corrected chi connectivity index (χ1v) is 10.3. The van der Waals surface area contributed by atoms with Gasteiger partial charge in [-0.1, -0.05) is 12.8 Å². The minimum absolute atomic E-state index is 0.0451. The van der Waals surface area contributed by atoms with E-state index in [-0.39, 0.29) is 18.4 Å². The van der Waals surface area contributed by atoms with E-state index in [9.17, 15) is 9.00 Å². The van der Waals surface area contributed by atoms with Crippen LogP contribution in [0.1, 0.15) is 32.1 Å². The van der Waals surface area contributed by atoms with Crippen molar-refractivity contribution in [1.82, 2.24) is 5.32 Å². The van der Waals surface area contributed by atoms with Gasteiger partial charge in [0.2, 0.25) is 5.91 Å². The number of carbonyl (C=O) groups is 1. The van der Waals surface area contributed by atoms with E-state index in [0.717, 1.165) is 19.3 Å². The van der Waals surface area contributed by atoms with E-state index < -0.39 is 10.8 Å². The number of hydrogen-bond donors (Lipinski definition) is 2. The Balaban J connectivity index is 1.50. The summed E-state index contributed by atoms with van der Waals surface area (Å²) in [7, 11) is -1.24. The molecule has 1 aliphatic heterocycles. The summed E-state index contributed by atoms with van der Waals surface area (Å²) in [6, 6.07) is 5.45. The number of rotatable bonds is 6. The van der Waals surface area contributed by atoms with Crippen molar-refractivity contribution in [3.8, 4) is 11.5 Å². The maximum Gasteiger partial charge on any atom is 0.221 e. The molecule has 1 heterocycles. The van der Waals surface area contributed by atoms with Crippen LogP contribution in [-0.4, -0.2) is 41.7 Å². The molecule has 25 heavy (non-hydrogen) atoms. The minimum Gasteiger partial charge on any atom is -0.486 e. The number of carbonyl (C=O) groups excluding carboxylic acids is 1. The van der Waals surface area contributed by atoms with Crippen LogP contribution in [0.4, 0.5) is 0 Å². The standard InChI is InChI=1S/C18H26N2O4S/c19-12-13-3-1-2-4-15(13)20-18(21)7-10-25(22)14-5-6-16-17(11-14)24-9-8-23-16/h5-6,11,13,15H,1-4,7-10,12,19H2,(H,20,21). The topological polar surface area (TPSA) is 90.7 Å². The van der Waals surface area contributed by atoms with Gasteiger partial charge in [-0.25, -0.2) is 0 Å². The van der Waals surface area contributed by atoms with Crippen molar-refractivity contribution in [2.24, 2.45) is 11.7 Å². The van der Waals surface area contributed by atoms with E-state index in [4.69, 9.17) is 15.2 Å². The largest absolute Gasteiger partial charge is 0.486 e. The van der Waals surface area contributed by atoms with Gasteiger partial charge < -0.3 is 20.5 Å². The summed E-state index contributed by atoms with van der Waals surface area (Å²) in [4.78, 5) is 12.9. The Hall–Kier alpha value is -1.60. The number of hydrogen-bond acceptors (Lipinski definition) is 5. The zero-order chi connectivity index (χ0) is 17.6. The molecule has 1 aliphatic carbocycles. The van der Waals surface area contributed by atoms with E-state index in [1.54, 1.807) is 18.2 Å². The summed E-state index contributed by atoms with van der Waals surface area (Å²) >= 11 is 0. The number of fused-ring (bicyclic) bond motifs is 1. The molecule has 3 atom stereocenters. The third-order valence-electron chi connectivity index (χ3n) is 4.85. The fourth-order valence-electron chi connectivity index (χ4n) is 3.43. The molecule has 0 saturated heterocycles. The van der Waals surface area contributed by atoms with Crippen molar-refractivity contribution in [3.05, 3.63) is 18.2 Å². The molecule has 1 aromatic rings. The van der Waals surface area contributed by atoms with E-state index in [0.29, 0.717) is 47.8 Å². The number of amides is 1. The lowest BCUT2D eigenvalue weighted by Gasteiger charge is -2.31. The Morgan fingerprint density at radius 1 is 1.20 bits per heavy atom. The van der Waals surface area contributed by atoms with Gasteiger partial charge in [0.25, 0.3) is 0 Å². The van der Waals surface area contributed by atoms with Crippen molar-refractivity contribution >= 4 is 16.7 Å². The lowest BCUT2D eigenvalue weighted by Crippen LogP contribution is -2.44. The molecule has 0 aromatic heterocycles. The second-order valence-corrected chi connectivity index (χ2v) is 8.13. The zero-order valence-electron chi connectivity index (χ0n) is 14.4. The average molecular weight is 366 g/mol. The summed E-state index contributed by atoms with van der Waals surface area (Å²) in [5, 5.41) is 3.08. The quantitative estimate of drug-likeness (QED) is 0.798. The predicted octanol–water partition coefficient (Wildman–Crippen LogP) is 1.59. The van der Waals surface area contributed by atoms with Gasteiger partial charge in [0, 0.05) is 29.2 Å². The molecule has 3 N–H and O–H groups in total. The van der Waals surface area contributed by atoms with Gasteiger partial charge >= 0.3 is 0 Å². The van der Waals surface area contributed by atoms with Crippen LogP contribution >= 0.6 is 0 Å². The summed E-state index contributed by atoms with van der Waals surface area (Å²) in [5.41, 5.74) is 5.80. The molecule has 1 saturated carbocycles. The molecular formula is C18H26N2O4S. The van der Waals surface area contributed by atoms with Gasteiger partial charge in [0.05, 0.1) is 10.8 Å². The summed E-state index contributed by atoms with van der Waals surface area (Å²) in [6.07, 6.45) is 4.62. The molecule has 0 spiro atoms. The Bertz CT molecular complexity index is 638. The number of ether oxygens (including phenoxy) is 2. The molecule has 0 radical (unpaired) electrons. The van der Waals surface area contributed by atoms with Gasteiger partial charge in [-0.05, 0) is 37.4 Å². The number of benzene rings is 1. The van der Waals surface area contributed by atoms with E-state index >= 15 is 0 Å². The van der Waals surface area contributed by atoms with Crippen molar-refractivity contribution in [2.45, 2.75) is 43.0 Å². The summed E-state index contributed by atoms with van der Waals surface area (Å²) < 4.78 is 23.4. The molecule has 1 fully saturated rings. The van der Waals surface area contributed by atoms with E-state index in [2.05, 4.69) is 5.32 Å². The Morgan fingerprint density at radius 2 is 1.96 bits per heavy atom. The van der Waals surface area contributed by atoms with E-state index in [1.165, 1.54) is 6.42 Å². The van der Waals surface area contributed by atoms with Crippen LogP contribution in [-0.2, 0) is 15.6 Å². The van der Waals surface area contributed by atoms with Crippen LogP contribution in [0, 0.1) is 5.92 Å². The fourth-order valence-corrected chi connectivity index (χ4v) is 4.49. The number of nitrogens with one attached hydrogen (secondary N) is 1. The molecule has 2 aliphatic rings. The van der Waals surface area contributed by atoms with Crippen molar-refractivity contribution in [1.29, 1.82) is 0 Å². The van der Waals surface area contributed by atoms with Crippen molar-refractivity contribution < 1.29 is 18.5 Å². The molecule has 1 amide bonds. The first-order valence-electron chi connectivity index (χ1n) is 8.95. The van der Waals surface area contributed by atoms with Gasteiger partial charge in [-0.15, -0.1) is 0 Å². The first-order chi connectivity index (χ1) is 12.2. The van der Waals surface area contributed by atoms with Crippen LogP contribution in [0.25, 0.3) is 0 Å². The minimum atomic E-state index is -1.24. The second-order valence-electron chi connectivity index (χ2n) is 6.56. The second kappa shape index (κ2) is 8.67. The monoisotopic (exact) mass is 366 g/mol. The highest BCUT2D eigenvalue weighted by Gasteiger charge is 2.25. The maximum absolute atomic E-state index is 12.5. The van der Waals surface area contributed by atoms with Crippen LogP contribution in [0.2, 0.25) is 0 Å². The SMILES string of the molecule is NCC1CCCCC1NC(=O)CCS(=O)c1ccc2c(c1)OCCO2. The predicted molar refractivity (Wildman–Crippen MR) is 96.3 cm³/mol. The fraction of sp³-hybridized carbons (Fsp3) is 0.611. The highest BCUT2D eigenvalue weighted by Crippen LogP contribution is 2.31. The summed E-state index contributed by atoms with van der Waals surface area (Å²) in [6.45, 7) is 1.63. The first kappa shape index (κ1) is 18.2. The van der Waals surface area contributed by atoms with E-state index in [1.807, 2.05) is 0 Å². The van der Waals surface area contributed by atoms with Crippen LogP contribution in [0.3, 0.4) is 0 Å². The third-order valence-corrected chi connectivity index (χ3v) is 6.20. The molecule has 3 unspecified atom stereocenters. The Morgan fingerprint density at radius 3 is 2.76 bits per heavy atom. The lowest BCUT2D eigenvalue weighted by molar-refractivity contribution is -0.122. The normalized spacial score (nSPS) is 23.7. The highest BCUT2D eigenvalue weighted by molar-refractivity contribution is 7.85. The smallest absolute Gasteiger partial charge is 0.221 e. The Labute approximate surface area is 150 Å². The molecule has 0 bridgehead atoms. The van der Waals surface area contributed by atoms with Crippen molar-refractivity contribution in [2.75, 3.05) is 25.5 Å². The molecule has 3 rings (SSSR count).